The van der Waals surface area contributed by atoms with Crippen LogP contribution < -0.4 is 0 Å². The third-order valence-corrected chi connectivity index (χ3v) is 4.08. The molecule has 0 fully saturated rings. The first-order chi connectivity index (χ1) is 12.1. The van der Waals surface area contributed by atoms with E-state index in [1.54, 1.807) is 13.2 Å². The highest BCUT2D eigenvalue weighted by atomic mass is 16.5. The van der Waals surface area contributed by atoms with E-state index in [9.17, 15) is 9.59 Å². The maximum absolute atomic E-state index is 12.4. The Morgan fingerprint density at radius 3 is 2.36 bits per heavy atom. The molecule has 0 radical (unpaired) electrons. The molecule has 0 bridgehead atoms. The second kappa shape index (κ2) is 8.87. The highest BCUT2D eigenvalue weighted by Crippen LogP contribution is 2.36. The lowest BCUT2D eigenvalue weighted by Gasteiger charge is -2.18. The Labute approximate surface area is 147 Å². The number of hydrogen-bond acceptors (Lipinski definition) is 5. The Kier molecular flexibility index (Phi) is 6.57. The maximum atomic E-state index is 12.4. The van der Waals surface area contributed by atoms with E-state index < -0.39 is 11.9 Å². The third-order valence-electron chi connectivity index (χ3n) is 4.08. The minimum absolute atomic E-state index is 0.316. The van der Waals surface area contributed by atoms with Crippen LogP contribution in [0.25, 0.3) is 0 Å². The molecular formula is C20H22O5. The monoisotopic (exact) mass is 342 g/mol. The van der Waals surface area contributed by atoms with Gasteiger partial charge in [0.2, 0.25) is 0 Å². The lowest BCUT2D eigenvalue weighted by molar-refractivity contribution is -0.137. The lowest BCUT2D eigenvalue weighted by atomic mass is 9.89. The van der Waals surface area contributed by atoms with E-state index in [1.165, 1.54) is 20.3 Å². The summed E-state index contributed by atoms with van der Waals surface area (Å²) >= 11 is 0. The fraction of sp³-hybridized carbons (Fsp3) is 0.300. The molecule has 0 amide bonds. The second-order valence-corrected chi connectivity index (χ2v) is 5.52. The molecule has 5 heteroatoms. The molecule has 1 aromatic carbocycles. The quantitative estimate of drug-likeness (QED) is 0.607. The van der Waals surface area contributed by atoms with Crippen molar-refractivity contribution in [2.75, 3.05) is 21.3 Å². The molecule has 0 unspecified atom stereocenters. The molecule has 0 aromatic heterocycles. The highest BCUT2D eigenvalue weighted by Gasteiger charge is 2.29. The number of rotatable bonds is 5. The zero-order chi connectivity index (χ0) is 18.2. The maximum Gasteiger partial charge on any atom is 0.338 e. The minimum atomic E-state index is -0.422. The molecule has 0 N–H and O–H groups in total. The minimum Gasteiger partial charge on any atom is -0.500 e. The lowest BCUT2D eigenvalue weighted by Crippen LogP contribution is -2.15. The van der Waals surface area contributed by atoms with E-state index >= 15 is 0 Å². The Balaban J connectivity index is 2.52. The number of hydrogen-bond donors (Lipinski definition) is 0. The molecule has 132 valence electrons. The van der Waals surface area contributed by atoms with Crippen molar-refractivity contribution in [3.05, 3.63) is 71.0 Å². The van der Waals surface area contributed by atoms with Gasteiger partial charge < -0.3 is 14.2 Å². The summed E-state index contributed by atoms with van der Waals surface area (Å²) in [6, 6.07) is 9.65. The zero-order valence-corrected chi connectivity index (χ0v) is 14.7. The van der Waals surface area contributed by atoms with Crippen LogP contribution >= 0.6 is 0 Å². The van der Waals surface area contributed by atoms with Crippen molar-refractivity contribution in [3.63, 3.8) is 0 Å². The van der Waals surface area contributed by atoms with Crippen LogP contribution in [0.3, 0.4) is 0 Å². The number of ether oxygens (including phenoxy) is 3. The topological polar surface area (TPSA) is 61.8 Å². The van der Waals surface area contributed by atoms with Crippen LogP contribution in [-0.2, 0) is 23.8 Å². The van der Waals surface area contributed by atoms with Gasteiger partial charge in [-0.25, -0.2) is 9.59 Å². The summed E-state index contributed by atoms with van der Waals surface area (Å²) in [6.45, 7) is 0. The third kappa shape index (κ3) is 4.59. The fourth-order valence-electron chi connectivity index (χ4n) is 2.81. The van der Waals surface area contributed by atoms with E-state index in [4.69, 9.17) is 9.47 Å². The SMILES string of the molecule is COC(=O)/C=C\C1=C[C@H](c2ccccc2)C(C(=O)OC)=C(OC)CC1. The average Bonchev–Trinajstić information content (AvgIpc) is 2.85. The molecule has 1 aromatic rings. The van der Waals surface area contributed by atoms with E-state index in [0.29, 0.717) is 24.2 Å². The van der Waals surface area contributed by atoms with Gasteiger partial charge in [-0.2, -0.15) is 0 Å². The molecule has 1 aliphatic rings. The van der Waals surface area contributed by atoms with E-state index in [1.807, 2.05) is 36.4 Å². The number of benzene rings is 1. The van der Waals surface area contributed by atoms with E-state index in [-0.39, 0.29) is 5.92 Å². The van der Waals surface area contributed by atoms with Crippen LogP contribution in [-0.4, -0.2) is 33.3 Å². The van der Waals surface area contributed by atoms with Crippen LogP contribution in [0.15, 0.2) is 65.5 Å². The standard InChI is InChI=1S/C20H22O5/c1-23-17-11-9-14(10-12-18(21)24-2)13-16(19(17)20(22)25-3)15-7-5-4-6-8-15/h4-8,10,12-13,16H,9,11H2,1-3H3/b12-10-/t16-/m1/s1. The summed E-state index contributed by atoms with van der Waals surface area (Å²) in [4.78, 5) is 23.8. The Hall–Kier alpha value is -2.82. The van der Waals surface area contributed by atoms with Crippen molar-refractivity contribution in [2.45, 2.75) is 18.8 Å². The highest BCUT2D eigenvalue weighted by molar-refractivity contribution is 5.91. The van der Waals surface area contributed by atoms with Gasteiger partial charge >= 0.3 is 11.9 Å². The van der Waals surface area contributed by atoms with Gasteiger partial charge in [-0.05, 0) is 12.0 Å². The number of allylic oxidation sites excluding steroid dienone is 4. The van der Waals surface area contributed by atoms with Crippen LogP contribution in [0.1, 0.15) is 24.3 Å². The Bertz CT molecular complexity index is 713. The summed E-state index contributed by atoms with van der Waals surface area (Å²) in [6.07, 6.45) is 6.24. The molecule has 0 heterocycles. The van der Waals surface area contributed by atoms with Gasteiger partial charge in [-0.15, -0.1) is 0 Å². The molecule has 5 nitrogen and oxygen atoms in total. The smallest absolute Gasteiger partial charge is 0.338 e. The van der Waals surface area contributed by atoms with Gasteiger partial charge in [0.15, 0.2) is 0 Å². The summed E-state index contributed by atoms with van der Waals surface area (Å²) < 4.78 is 15.1. The van der Waals surface area contributed by atoms with Gasteiger partial charge in [0.1, 0.15) is 5.76 Å². The first-order valence-corrected chi connectivity index (χ1v) is 7.97. The van der Waals surface area contributed by atoms with Crippen LogP contribution in [0.2, 0.25) is 0 Å². The first kappa shape index (κ1) is 18.5. The van der Waals surface area contributed by atoms with Crippen molar-refractivity contribution in [1.82, 2.24) is 0 Å². The molecule has 0 saturated carbocycles. The molecule has 25 heavy (non-hydrogen) atoms. The molecule has 1 aliphatic carbocycles. The zero-order valence-electron chi connectivity index (χ0n) is 14.7. The van der Waals surface area contributed by atoms with Gasteiger partial charge in [0.25, 0.3) is 0 Å². The van der Waals surface area contributed by atoms with Crippen molar-refractivity contribution in [1.29, 1.82) is 0 Å². The summed E-state index contributed by atoms with van der Waals surface area (Å²) in [5.41, 5.74) is 2.36. The van der Waals surface area contributed by atoms with Crippen LogP contribution in [0.5, 0.6) is 0 Å². The fourth-order valence-corrected chi connectivity index (χ4v) is 2.81. The molecular weight excluding hydrogens is 320 g/mol. The summed E-state index contributed by atoms with van der Waals surface area (Å²) in [5.74, 6) is -0.559. The van der Waals surface area contributed by atoms with E-state index in [2.05, 4.69) is 4.74 Å². The van der Waals surface area contributed by atoms with Gasteiger partial charge in [-0.1, -0.05) is 48.1 Å². The van der Waals surface area contributed by atoms with Crippen LogP contribution in [0, 0.1) is 0 Å². The van der Waals surface area contributed by atoms with Crippen molar-refractivity contribution in [3.8, 4) is 0 Å². The van der Waals surface area contributed by atoms with Crippen molar-refractivity contribution in [2.24, 2.45) is 0 Å². The van der Waals surface area contributed by atoms with Crippen LogP contribution in [0.4, 0.5) is 0 Å². The van der Waals surface area contributed by atoms with Crippen molar-refractivity contribution >= 4 is 11.9 Å². The molecule has 0 aliphatic heterocycles. The molecule has 0 saturated heterocycles. The number of carbonyl (C=O) groups is 2. The molecule has 2 rings (SSSR count). The Morgan fingerprint density at radius 1 is 1.04 bits per heavy atom. The largest absolute Gasteiger partial charge is 0.500 e. The molecule has 0 spiro atoms. The van der Waals surface area contributed by atoms with Gasteiger partial charge in [0.05, 0.1) is 26.9 Å². The Morgan fingerprint density at radius 2 is 1.76 bits per heavy atom. The van der Waals surface area contributed by atoms with Crippen molar-refractivity contribution < 1.29 is 23.8 Å². The summed E-state index contributed by atoms with van der Waals surface area (Å²) in [5, 5.41) is 0. The predicted molar refractivity (Wildman–Crippen MR) is 93.7 cm³/mol. The number of esters is 2. The number of carbonyl (C=O) groups excluding carboxylic acids is 2. The number of methoxy groups -OCH3 is 3. The molecule has 1 atom stereocenters. The first-order valence-electron chi connectivity index (χ1n) is 7.97. The van der Waals surface area contributed by atoms with Gasteiger partial charge in [0, 0.05) is 18.4 Å². The average molecular weight is 342 g/mol. The van der Waals surface area contributed by atoms with Gasteiger partial charge in [-0.3, -0.25) is 0 Å². The van der Waals surface area contributed by atoms with E-state index in [0.717, 1.165) is 11.1 Å². The normalized spacial score (nSPS) is 17.7. The summed E-state index contributed by atoms with van der Waals surface area (Å²) in [7, 11) is 4.24. The second-order valence-electron chi connectivity index (χ2n) is 5.52. The predicted octanol–water partition coefficient (Wildman–Crippen LogP) is 3.29.